The van der Waals surface area contributed by atoms with Crippen LogP contribution < -0.4 is 11.1 Å². The number of nitrogens with two attached hydrogens (primary N) is 1. The molecule has 2 rings (SSSR count). The minimum Gasteiger partial charge on any atom is -0.399 e. The molecule has 17 heavy (non-hydrogen) atoms. The maximum absolute atomic E-state index is 11.9. The summed E-state index contributed by atoms with van der Waals surface area (Å²) in [5.41, 5.74) is 7.48. The SMILES string of the molecule is CC(NC(=O)C1CCSC1)c1ccc(N)cc1. The molecule has 1 aromatic carbocycles. The average molecular weight is 250 g/mol. The van der Waals surface area contributed by atoms with Crippen molar-refractivity contribution in [1.82, 2.24) is 5.32 Å². The second kappa shape index (κ2) is 5.45. The number of anilines is 1. The van der Waals surface area contributed by atoms with Crippen molar-refractivity contribution in [2.24, 2.45) is 5.92 Å². The maximum atomic E-state index is 11.9. The molecule has 1 aliphatic rings. The highest BCUT2D eigenvalue weighted by atomic mass is 32.2. The van der Waals surface area contributed by atoms with Crippen molar-refractivity contribution in [3.8, 4) is 0 Å². The fourth-order valence-electron chi connectivity index (χ4n) is 1.94. The number of amides is 1. The Kier molecular flexibility index (Phi) is 3.94. The number of nitrogens with one attached hydrogen (secondary N) is 1. The van der Waals surface area contributed by atoms with Gasteiger partial charge in [-0.15, -0.1) is 0 Å². The molecule has 3 nitrogen and oxygen atoms in total. The zero-order valence-corrected chi connectivity index (χ0v) is 10.8. The Hall–Kier alpha value is -1.16. The third kappa shape index (κ3) is 3.16. The van der Waals surface area contributed by atoms with Crippen LogP contribution in [-0.4, -0.2) is 17.4 Å². The smallest absolute Gasteiger partial charge is 0.224 e. The van der Waals surface area contributed by atoms with Crippen LogP contribution in [0.1, 0.15) is 24.9 Å². The third-order valence-electron chi connectivity index (χ3n) is 3.10. The van der Waals surface area contributed by atoms with Crippen LogP contribution in [0.3, 0.4) is 0 Å². The van der Waals surface area contributed by atoms with Crippen molar-refractivity contribution in [3.63, 3.8) is 0 Å². The summed E-state index contributed by atoms with van der Waals surface area (Å²) in [5.74, 6) is 2.44. The van der Waals surface area contributed by atoms with Crippen molar-refractivity contribution in [2.75, 3.05) is 17.2 Å². The van der Waals surface area contributed by atoms with Crippen LogP contribution in [0.4, 0.5) is 5.69 Å². The molecule has 1 saturated heterocycles. The molecule has 3 N–H and O–H groups in total. The van der Waals surface area contributed by atoms with E-state index in [0.717, 1.165) is 29.2 Å². The second-order valence-electron chi connectivity index (χ2n) is 4.46. The summed E-state index contributed by atoms with van der Waals surface area (Å²) < 4.78 is 0. The molecule has 1 aliphatic heterocycles. The first-order chi connectivity index (χ1) is 8.16. The lowest BCUT2D eigenvalue weighted by molar-refractivity contribution is -0.124. The first-order valence-corrected chi connectivity index (χ1v) is 7.06. The van der Waals surface area contributed by atoms with Crippen LogP contribution in [0, 0.1) is 5.92 Å². The number of carbonyl (C=O) groups is 1. The molecule has 1 aromatic rings. The molecule has 0 spiro atoms. The summed E-state index contributed by atoms with van der Waals surface area (Å²) in [5, 5.41) is 3.06. The highest BCUT2D eigenvalue weighted by Crippen LogP contribution is 2.24. The van der Waals surface area contributed by atoms with E-state index in [4.69, 9.17) is 5.73 Å². The molecule has 4 heteroatoms. The molecule has 0 aromatic heterocycles. The Morgan fingerprint density at radius 2 is 2.18 bits per heavy atom. The number of carbonyl (C=O) groups excluding carboxylic acids is 1. The summed E-state index contributed by atoms with van der Waals surface area (Å²) in [6.45, 7) is 2.01. The van der Waals surface area contributed by atoms with Gasteiger partial charge < -0.3 is 11.1 Å². The van der Waals surface area contributed by atoms with Crippen LogP contribution in [-0.2, 0) is 4.79 Å². The maximum Gasteiger partial charge on any atom is 0.224 e. The van der Waals surface area contributed by atoms with E-state index in [1.807, 2.05) is 43.0 Å². The average Bonchev–Trinajstić information content (AvgIpc) is 2.83. The van der Waals surface area contributed by atoms with Crippen molar-refractivity contribution in [1.29, 1.82) is 0 Å². The van der Waals surface area contributed by atoms with Gasteiger partial charge in [-0.05, 0) is 36.8 Å². The largest absolute Gasteiger partial charge is 0.399 e. The number of hydrogen-bond acceptors (Lipinski definition) is 3. The van der Waals surface area contributed by atoms with Gasteiger partial charge in [0.2, 0.25) is 5.91 Å². The summed E-state index contributed by atoms with van der Waals surface area (Å²) in [4.78, 5) is 11.9. The molecular formula is C13H18N2OS. The fourth-order valence-corrected chi connectivity index (χ4v) is 3.16. The van der Waals surface area contributed by atoms with Gasteiger partial charge in [-0.3, -0.25) is 4.79 Å². The van der Waals surface area contributed by atoms with Crippen molar-refractivity contribution in [3.05, 3.63) is 29.8 Å². The molecule has 1 heterocycles. The van der Waals surface area contributed by atoms with Crippen LogP contribution in [0.5, 0.6) is 0 Å². The molecule has 2 atom stereocenters. The fraction of sp³-hybridized carbons (Fsp3) is 0.462. The minimum atomic E-state index is 0.0497. The second-order valence-corrected chi connectivity index (χ2v) is 5.61. The van der Waals surface area contributed by atoms with E-state index in [0.29, 0.717) is 0 Å². The lowest BCUT2D eigenvalue weighted by Crippen LogP contribution is -2.32. The third-order valence-corrected chi connectivity index (χ3v) is 4.26. The molecule has 0 aliphatic carbocycles. The number of benzene rings is 1. The lowest BCUT2D eigenvalue weighted by atomic mass is 10.1. The van der Waals surface area contributed by atoms with Gasteiger partial charge in [0.05, 0.1) is 6.04 Å². The van der Waals surface area contributed by atoms with Gasteiger partial charge in [0, 0.05) is 17.4 Å². The Morgan fingerprint density at radius 1 is 1.47 bits per heavy atom. The molecule has 2 unspecified atom stereocenters. The summed E-state index contributed by atoms with van der Waals surface area (Å²) in [6, 6.07) is 7.70. The van der Waals surface area contributed by atoms with Gasteiger partial charge in [-0.1, -0.05) is 12.1 Å². The van der Waals surface area contributed by atoms with Gasteiger partial charge >= 0.3 is 0 Å². The van der Waals surface area contributed by atoms with Gasteiger partial charge in [0.15, 0.2) is 0 Å². The van der Waals surface area contributed by atoms with Gasteiger partial charge in [-0.2, -0.15) is 11.8 Å². The van der Waals surface area contributed by atoms with E-state index < -0.39 is 0 Å². The van der Waals surface area contributed by atoms with Crippen molar-refractivity contribution >= 4 is 23.4 Å². The number of thioether (sulfide) groups is 1. The van der Waals surface area contributed by atoms with E-state index >= 15 is 0 Å². The molecule has 0 bridgehead atoms. The van der Waals surface area contributed by atoms with E-state index in [1.54, 1.807) is 0 Å². The molecule has 1 amide bonds. The Bertz CT molecular complexity index is 385. The number of nitrogen functional groups attached to an aromatic ring is 1. The zero-order valence-electron chi connectivity index (χ0n) is 9.98. The van der Waals surface area contributed by atoms with Crippen LogP contribution in [0.25, 0.3) is 0 Å². The lowest BCUT2D eigenvalue weighted by Gasteiger charge is -2.17. The van der Waals surface area contributed by atoms with Crippen LogP contribution >= 0.6 is 11.8 Å². The Labute approximate surface area is 106 Å². The quantitative estimate of drug-likeness (QED) is 0.809. The molecule has 0 radical (unpaired) electrons. The van der Waals surface area contributed by atoms with E-state index in [9.17, 15) is 4.79 Å². The standard InChI is InChI=1S/C13H18N2OS/c1-9(10-2-4-12(14)5-3-10)15-13(16)11-6-7-17-8-11/h2-5,9,11H,6-8,14H2,1H3,(H,15,16). The molecule has 92 valence electrons. The van der Waals surface area contributed by atoms with E-state index in [-0.39, 0.29) is 17.9 Å². The topological polar surface area (TPSA) is 55.1 Å². The predicted octanol–water partition coefficient (Wildman–Crippen LogP) is 2.20. The van der Waals surface area contributed by atoms with Crippen LogP contribution in [0.15, 0.2) is 24.3 Å². The van der Waals surface area contributed by atoms with E-state index in [2.05, 4.69) is 5.32 Å². The van der Waals surface area contributed by atoms with E-state index in [1.165, 1.54) is 0 Å². The zero-order chi connectivity index (χ0) is 12.3. The van der Waals surface area contributed by atoms with Crippen LogP contribution in [0.2, 0.25) is 0 Å². The molecular weight excluding hydrogens is 232 g/mol. The molecule has 1 fully saturated rings. The summed E-state index contributed by atoms with van der Waals surface area (Å²) >= 11 is 1.86. The monoisotopic (exact) mass is 250 g/mol. The first-order valence-electron chi connectivity index (χ1n) is 5.90. The first kappa shape index (κ1) is 12.3. The van der Waals surface area contributed by atoms with Crippen molar-refractivity contribution < 1.29 is 4.79 Å². The van der Waals surface area contributed by atoms with Gasteiger partial charge in [-0.25, -0.2) is 0 Å². The minimum absolute atomic E-state index is 0.0497. The number of hydrogen-bond donors (Lipinski definition) is 2. The highest BCUT2D eigenvalue weighted by molar-refractivity contribution is 7.99. The van der Waals surface area contributed by atoms with Gasteiger partial charge in [0.1, 0.15) is 0 Å². The summed E-state index contributed by atoms with van der Waals surface area (Å²) in [6.07, 6.45) is 1.00. The summed E-state index contributed by atoms with van der Waals surface area (Å²) in [7, 11) is 0. The highest BCUT2D eigenvalue weighted by Gasteiger charge is 2.24. The Morgan fingerprint density at radius 3 is 2.76 bits per heavy atom. The van der Waals surface area contributed by atoms with Crippen molar-refractivity contribution in [2.45, 2.75) is 19.4 Å². The predicted molar refractivity (Wildman–Crippen MR) is 72.8 cm³/mol. The molecule has 0 saturated carbocycles. The number of rotatable bonds is 3. The normalized spacial score (nSPS) is 21.1. The Balaban J connectivity index is 1.93. The van der Waals surface area contributed by atoms with Gasteiger partial charge in [0.25, 0.3) is 0 Å².